The van der Waals surface area contributed by atoms with Crippen LogP contribution in [0.15, 0.2) is 12.1 Å². The van der Waals surface area contributed by atoms with Crippen molar-refractivity contribution in [1.82, 2.24) is 5.32 Å². The van der Waals surface area contributed by atoms with Crippen molar-refractivity contribution < 1.29 is 0 Å². The summed E-state index contributed by atoms with van der Waals surface area (Å²) in [4.78, 5) is 0. The monoisotopic (exact) mass is 291 g/mol. The molecule has 0 spiro atoms. The van der Waals surface area contributed by atoms with Gasteiger partial charge in [0.25, 0.3) is 0 Å². The van der Waals surface area contributed by atoms with E-state index in [4.69, 9.17) is 0 Å². The van der Waals surface area contributed by atoms with E-state index < -0.39 is 0 Å². The molecule has 1 aromatic rings. The van der Waals surface area contributed by atoms with Crippen molar-refractivity contribution in [3.63, 3.8) is 0 Å². The summed E-state index contributed by atoms with van der Waals surface area (Å²) >= 11 is 2.04. The summed E-state index contributed by atoms with van der Waals surface area (Å²) < 4.78 is 0. The Labute approximate surface area is 128 Å². The average Bonchev–Trinajstić information content (AvgIpc) is 2.38. The maximum absolute atomic E-state index is 3.92. The third kappa shape index (κ3) is 3.59. The van der Waals surface area contributed by atoms with Crippen LogP contribution in [0.3, 0.4) is 0 Å². The predicted molar refractivity (Wildman–Crippen MR) is 91.8 cm³/mol. The number of nitrogens with one attached hydrogen (secondary N) is 1. The second-order valence-electron chi connectivity index (χ2n) is 6.37. The average molecular weight is 292 g/mol. The summed E-state index contributed by atoms with van der Waals surface area (Å²) in [5.74, 6) is 0. The van der Waals surface area contributed by atoms with Gasteiger partial charge >= 0.3 is 0 Å². The van der Waals surface area contributed by atoms with Gasteiger partial charge in [-0.2, -0.15) is 11.8 Å². The Balaban J connectivity index is 2.13. The second kappa shape index (κ2) is 7.00. The lowest BCUT2D eigenvalue weighted by Crippen LogP contribution is -2.41. The molecule has 0 aromatic heterocycles. The molecule has 0 heterocycles. The summed E-state index contributed by atoms with van der Waals surface area (Å²) in [7, 11) is 0. The van der Waals surface area contributed by atoms with Crippen LogP contribution in [0, 0.1) is 20.8 Å². The molecule has 112 valence electrons. The van der Waals surface area contributed by atoms with Gasteiger partial charge < -0.3 is 5.32 Å². The van der Waals surface area contributed by atoms with E-state index in [9.17, 15) is 0 Å². The standard InChI is InChI=1S/C18H29NS/c1-12-10-13(2)18(14(3)11-12)15(4)19-16-8-6-7-9-17(16)20-5/h10-11,15-17,19H,6-9H2,1-5H3. The highest BCUT2D eigenvalue weighted by Crippen LogP contribution is 2.30. The fourth-order valence-corrected chi connectivity index (χ4v) is 4.79. The first-order chi connectivity index (χ1) is 9.52. The Morgan fingerprint density at radius 1 is 1.10 bits per heavy atom. The molecular formula is C18H29NS. The molecule has 1 aliphatic carbocycles. The maximum Gasteiger partial charge on any atom is 0.0300 e. The van der Waals surface area contributed by atoms with Crippen molar-refractivity contribution in [2.24, 2.45) is 0 Å². The molecule has 1 nitrogen and oxygen atoms in total. The zero-order valence-electron chi connectivity index (χ0n) is 13.6. The molecule has 0 bridgehead atoms. The van der Waals surface area contributed by atoms with Crippen molar-refractivity contribution in [3.05, 3.63) is 34.4 Å². The van der Waals surface area contributed by atoms with E-state index in [1.807, 2.05) is 11.8 Å². The molecule has 3 atom stereocenters. The second-order valence-corrected chi connectivity index (χ2v) is 7.44. The minimum Gasteiger partial charge on any atom is -0.306 e. The number of thioether (sulfide) groups is 1. The van der Waals surface area contributed by atoms with Crippen LogP contribution in [0.4, 0.5) is 0 Å². The van der Waals surface area contributed by atoms with Gasteiger partial charge in [-0.05, 0) is 63.5 Å². The summed E-state index contributed by atoms with van der Waals surface area (Å²) in [6.45, 7) is 9.02. The lowest BCUT2D eigenvalue weighted by atomic mass is 9.91. The number of rotatable bonds is 4. The van der Waals surface area contributed by atoms with Crippen LogP contribution in [0.2, 0.25) is 0 Å². The molecule has 1 aromatic carbocycles. The number of hydrogen-bond donors (Lipinski definition) is 1. The van der Waals surface area contributed by atoms with Gasteiger partial charge in [-0.3, -0.25) is 0 Å². The van der Waals surface area contributed by atoms with Crippen molar-refractivity contribution in [2.75, 3.05) is 6.26 Å². The van der Waals surface area contributed by atoms with E-state index in [-0.39, 0.29) is 0 Å². The van der Waals surface area contributed by atoms with Crippen molar-refractivity contribution in [1.29, 1.82) is 0 Å². The molecule has 0 aliphatic heterocycles. The summed E-state index contributed by atoms with van der Waals surface area (Å²) in [6.07, 6.45) is 7.75. The highest BCUT2D eigenvalue weighted by atomic mass is 32.2. The molecule has 1 N–H and O–H groups in total. The number of benzene rings is 1. The minimum atomic E-state index is 0.452. The predicted octanol–water partition coefficient (Wildman–Crippen LogP) is 4.94. The number of aryl methyl sites for hydroxylation is 3. The third-order valence-corrected chi connectivity index (χ3v) is 5.81. The normalized spacial score (nSPS) is 24.6. The first kappa shape index (κ1) is 15.9. The third-order valence-electron chi connectivity index (χ3n) is 4.64. The van der Waals surface area contributed by atoms with E-state index in [0.717, 1.165) is 5.25 Å². The summed E-state index contributed by atoms with van der Waals surface area (Å²) in [5.41, 5.74) is 5.73. The van der Waals surface area contributed by atoms with Gasteiger partial charge in [0.1, 0.15) is 0 Å². The topological polar surface area (TPSA) is 12.0 Å². The van der Waals surface area contributed by atoms with Gasteiger partial charge in [-0.1, -0.05) is 30.5 Å². The van der Waals surface area contributed by atoms with E-state index in [2.05, 4.69) is 51.4 Å². The Hall–Kier alpha value is -0.470. The van der Waals surface area contributed by atoms with Gasteiger partial charge in [0.2, 0.25) is 0 Å². The van der Waals surface area contributed by atoms with Crippen LogP contribution in [0.5, 0.6) is 0 Å². The van der Waals surface area contributed by atoms with Crippen molar-refractivity contribution in [2.45, 2.75) is 70.7 Å². The molecular weight excluding hydrogens is 262 g/mol. The van der Waals surface area contributed by atoms with Gasteiger partial charge in [0.15, 0.2) is 0 Å². The lowest BCUT2D eigenvalue weighted by Gasteiger charge is -2.34. The minimum absolute atomic E-state index is 0.452. The Kier molecular flexibility index (Phi) is 5.57. The summed E-state index contributed by atoms with van der Waals surface area (Å²) in [6, 6.07) is 5.75. The molecule has 0 amide bonds. The van der Waals surface area contributed by atoms with Crippen LogP contribution in [0.1, 0.15) is 60.9 Å². The van der Waals surface area contributed by atoms with Crippen molar-refractivity contribution >= 4 is 11.8 Å². The van der Waals surface area contributed by atoms with E-state index in [1.54, 1.807) is 0 Å². The Bertz CT molecular complexity index is 432. The van der Waals surface area contributed by atoms with Gasteiger partial charge in [0.05, 0.1) is 0 Å². The van der Waals surface area contributed by atoms with Gasteiger partial charge in [0, 0.05) is 17.3 Å². The van der Waals surface area contributed by atoms with Crippen LogP contribution in [-0.2, 0) is 0 Å². The smallest absolute Gasteiger partial charge is 0.0300 e. The molecule has 2 rings (SSSR count). The van der Waals surface area contributed by atoms with Crippen LogP contribution in [-0.4, -0.2) is 17.5 Å². The molecule has 0 saturated heterocycles. The Morgan fingerprint density at radius 2 is 1.70 bits per heavy atom. The first-order valence-electron chi connectivity index (χ1n) is 7.89. The molecule has 0 radical (unpaired) electrons. The van der Waals surface area contributed by atoms with E-state index in [1.165, 1.54) is 47.9 Å². The molecule has 20 heavy (non-hydrogen) atoms. The summed E-state index contributed by atoms with van der Waals surface area (Å²) in [5, 5.41) is 4.71. The number of hydrogen-bond acceptors (Lipinski definition) is 2. The zero-order valence-corrected chi connectivity index (χ0v) is 14.4. The fraction of sp³-hybridized carbons (Fsp3) is 0.667. The van der Waals surface area contributed by atoms with Crippen molar-refractivity contribution in [3.8, 4) is 0 Å². The highest BCUT2D eigenvalue weighted by molar-refractivity contribution is 7.99. The van der Waals surface area contributed by atoms with E-state index >= 15 is 0 Å². The molecule has 2 heteroatoms. The Morgan fingerprint density at radius 3 is 2.30 bits per heavy atom. The lowest BCUT2D eigenvalue weighted by molar-refractivity contribution is 0.355. The molecule has 1 fully saturated rings. The van der Waals surface area contributed by atoms with Crippen LogP contribution in [0.25, 0.3) is 0 Å². The van der Waals surface area contributed by atoms with E-state index in [0.29, 0.717) is 12.1 Å². The zero-order chi connectivity index (χ0) is 14.7. The quantitative estimate of drug-likeness (QED) is 0.843. The molecule has 1 saturated carbocycles. The largest absolute Gasteiger partial charge is 0.306 e. The fourth-order valence-electron chi connectivity index (χ4n) is 3.85. The molecule has 1 aliphatic rings. The highest BCUT2D eigenvalue weighted by Gasteiger charge is 2.26. The first-order valence-corrected chi connectivity index (χ1v) is 9.18. The van der Waals surface area contributed by atoms with Crippen LogP contribution >= 0.6 is 11.8 Å². The maximum atomic E-state index is 3.92. The van der Waals surface area contributed by atoms with Gasteiger partial charge in [-0.25, -0.2) is 0 Å². The molecule has 3 unspecified atom stereocenters. The van der Waals surface area contributed by atoms with Crippen LogP contribution < -0.4 is 5.32 Å². The SMILES string of the molecule is CSC1CCCCC1NC(C)c1c(C)cc(C)cc1C. The van der Waals surface area contributed by atoms with Gasteiger partial charge in [-0.15, -0.1) is 0 Å².